The number of nitrogens with one attached hydrogen (secondary N) is 1. The Labute approximate surface area is 144 Å². The van der Waals surface area contributed by atoms with Crippen LogP contribution in [0.3, 0.4) is 0 Å². The predicted molar refractivity (Wildman–Crippen MR) is 92.6 cm³/mol. The average molecular weight is 343 g/mol. The minimum atomic E-state index is -0.284. The van der Waals surface area contributed by atoms with Crippen molar-refractivity contribution in [1.29, 1.82) is 0 Å². The lowest BCUT2D eigenvalue weighted by molar-refractivity contribution is -0.125. The maximum Gasteiger partial charge on any atom is 0.224 e. The number of hydrogen-bond donors (Lipinski definition) is 2. The Morgan fingerprint density at radius 2 is 2.17 bits per heavy atom. The number of nitrogens with two attached hydrogens (primary N) is 1. The van der Waals surface area contributed by atoms with Gasteiger partial charge in [0.05, 0.1) is 18.6 Å². The van der Waals surface area contributed by atoms with Crippen LogP contribution in [0.25, 0.3) is 0 Å². The van der Waals surface area contributed by atoms with Crippen LogP contribution >= 0.6 is 12.4 Å². The molecule has 1 amide bonds. The molecular formula is C17H27ClN2O3. The fourth-order valence-electron chi connectivity index (χ4n) is 2.47. The van der Waals surface area contributed by atoms with E-state index in [2.05, 4.69) is 5.32 Å². The topological polar surface area (TPSA) is 73.6 Å². The van der Waals surface area contributed by atoms with Crippen LogP contribution in [0.4, 0.5) is 0 Å². The van der Waals surface area contributed by atoms with Gasteiger partial charge in [0.15, 0.2) is 0 Å². The largest absolute Gasteiger partial charge is 0.379 e. The Morgan fingerprint density at radius 1 is 1.43 bits per heavy atom. The van der Waals surface area contributed by atoms with E-state index in [4.69, 9.17) is 15.2 Å². The van der Waals surface area contributed by atoms with Crippen molar-refractivity contribution in [2.45, 2.75) is 31.9 Å². The lowest BCUT2D eigenvalue weighted by Crippen LogP contribution is -2.36. The van der Waals surface area contributed by atoms with Gasteiger partial charge in [0.25, 0.3) is 0 Å². The molecule has 3 N–H and O–H groups in total. The molecule has 0 bridgehead atoms. The van der Waals surface area contributed by atoms with E-state index in [1.165, 1.54) is 0 Å². The summed E-state index contributed by atoms with van der Waals surface area (Å²) in [4.78, 5) is 12.1. The molecule has 5 nitrogen and oxygen atoms in total. The van der Waals surface area contributed by atoms with Crippen LogP contribution in [0.15, 0.2) is 30.3 Å². The lowest BCUT2D eigenvalue weighted by atomic mass is 9.95. The van der Waals surface area contributed by atoms with Gasteiger partial charge in [0.2, 0.25) is 5.91 Å². The maximum atomic E-state index is 12.1. The number of benzene rings is 1. The van der Waals surface area contributed by atoms with Gasteiger partial charge in [0, 0.05) is 25.8 Å². The second kappa shape index (κ2) is 10.6. The molecule has 0 saturated carbocycles. The molecule has 1 aromatic carbocycles. The molecule has 0 radical (unpaired) electrons. The zero-order valence-electron chi connectivity index (χ0n) is 13.6. The number of halogens is 1. The van der Waals surface area contributed by atoms with Crippen LogP contribution in [0.1, 0.15) is 31.4 Å². The van der Waals surface area contributed by atoms with E-state index in [9.17, 15) is 4.79 Å². The van der Waals surface area contributed by atoms with Gasteiger partial charge in [-0.05, 0) is 18.4 Å². The van der Waals surface area contributed by atoms with Crippen LogP contribution in [0, 0.1) is 5.92 Å². The molecule has 1 aliphatic heterocycles. The standard InChI is InChI=1S/C17H26N2O3.ClH/c1-13(16(18)14-6-3-2-4-7-14)17(20)19-9-5-10-22-15-8-11-21-12-15;/h2-4,6-7,13,15-16H,5,8-12,18H2,1H3,(H,19,20);1H. The third-order valence-corrected chi connectivity index (χ3v) is 4.00. The number of carbonyl (C=O) groups excluding carboxylic acids is 1. The molecular weight excluding hydrogens is 316 g/mol. The summed E-state index contributed by atoms with van der Waals surface area (Å²) < 4.78 is 10.9. The molecule has 3 unspecified atom stereocenters. The minimum absolute atomic E-state index is 0. The van der Waals surface area contributed by atoms with Crippen LogP contribution in [0.5, 0.6) is 0 Å². The Balaban J connectivity index is 0.00000264. The second-order valence-corrected chi connectivity index (χ2v) is 5.73. The summed E-state index contributed by atoms with van der Waals surface area (Å²) in [5, 5.41) is 2.93. The van der Waals surface area contributed by atoms with Gasteiger partial charge in [-0.1, -0.05) is 37.3 Å². The summed E-state index contributed by atoms with van der Waals surface area (Å²) in [5.74, 6) is -0.271. The highest BCUT2D eigenvalue weighted by atomic mass is 35.5. The van der Waals surface area contributed by atoms with Crippen molar-refractivity contribution in [1.82, 2.24) is 5.32 Å². The average Bonchev–Trinajstić information content (AvgIpc) is 3.07. The molecule has 0 aromatic heterocycles. The molecule has 23 heavy (non-hydrogen) atoms. The van der Waals surface area contributed by atoms with Crippen LogP contribution in [-0.4, -0.2) is 38.4 Å². The second-order valence-electron chi connectivity index (χ2n) is 5.73. The minimum Gasteiger partial charge on any atom is -0.379 e. The first-order valence-electron chi connectivity index (χ1n) is 7.96. The summed E-state index contributed by atoms with van der Waals surface area (Å²) >= 11 is 0. The SMILES string of the molecule is CC(C(=O)NCCCOC1CCOC1)C(N)c1ccccc1.Cl. The third-order valence-electron chi connectivity index (χ3n) is 4.00. The molecule has 0 spiro atoms. The van der Waals surface area contributed by atoms with E-state index < -0.39 is 0 Å². The van der Waals surface area contributed by atoms with Crippen LogP contribution < -0.4 is 11.1 Å². The molecule has 1 fully saturated rings. The first-order chi connectivity index (χ1) is 10.7. The van der Waals surface area contributed by atoms with Gasteiger partial charge in [-0.15, -0.1) is 12.4 Å². The molecule has 6 heteroatoms. The predicted octanol–water partition coefficient (Wildman–Crippen LogP) is 2.06. The molecule has 1 aromatic rings. The smallest absolute Gasteiger partial charge is 0.224 e. The summed E-state index contributed by atoms with van der Waals surface area (Å²) in [5.41, 5.74) is 7.13. The highest BCUT2D eigenvalue weighted by Gasteiger charge is 2.21. The van der Waals surface area contributed by atoms with E-state index >= 15 is 0 Å². The van der Waals surface area contributed by atoms with Gasteiger partial charge in [-0.3, -0.25) is 4.79 Å². The van der Waals surface area contributed by atoms with Crippen molar-refractivity contribution in [2.24, 2.45) is 11.7 Å². The summed E-state index contributed by atoms with van der Waals surface area (Å²) in [6.45, 7) is 4.59. The molecule has 2 rings (SSSR count). The van der Waals surface area contributed by atoms with Gasteiger partial charge < -0.3 is 20.5 Å². The highest BCUT2D eigenvalue weighted by molar-refractivity contribution is 5.85. The van der Waals surface area contributed by atoms with E-state index in [0.717, 1.165) is 25.0 Å². The van der Waals surface area contributed by atoms with Gasteiger partial charge >= 0.3 is 0 Å². The Kier molecular flexibility index (Phi) is 9.17. The van der Waals surface area contributed by atoms with Gasteiger partial charge in [-0.2, -0.15) is 0 Å². The number of hydrogen-bond acceptors (Lipinski definition) is 4. The number of amides is 1. The summed E-state index contributed by atoms with van der Waals surface area (Å²) in [7, 11) is 0. The zero-order valence-corrected chi connectivity index (χ0v) is 14.4. The fraction of sp³-hybridized carbons (Fsp3) is 0.588. The molecule has 1 heterocycles. The van der Waals surface area contributed by atoms with Crippen molar-refractivity contribution in [3.63, 3.8) is 0 Å². The quantitative estimate of drug-likeness (QED) is 0.709. The van der Waals surface area contributed by atoms with Crippen LogP contribution in [0.2, 0.25) is 0 Å². The van der Waals surface area contributed by atoms with Crippen molar-refractivity contribution >= 4 is 18.3 Å². The Morgan fingerprint density at radius 3 is 2.83 bits per heavy atom. The maximum absolute atomic E-state index is 12.1. The number of ether oxygens (including phenoxy) is 2. The first-order valence-corrected chi connectivity index (χ1v) is 7.96. The van der Waals surface area contributed by atoms with E-state index in [0.29, 0.717) is 19.8 Å². The van der Waals surface area contributed by atoms with Crippen molar-refractivity contribution < 1.29 is 14.3 Å². The fourth-order valence-corrected chi connectivity index (χ4v) is 2.47. The monoisotopic (exact) mass is 342 g/mol. The van der Waals surface area contributed by atoms with E-state index in [-0.39, 0.29) is 36.4 Å². The van der Waals surface area contributed by atoms with Gasteiger partial charge in [0.1, 0.15) is 0 Å². The molecule has 0 aliphatic carbocycles. The van der Waals surface area contributed by atoms with Crippen molar-refractivity contribution in [2.75, 3.05) is 26.4 Å². The van der Waals surface area contributed by atoms with Crippen molar-refractivity contribution in [3.8, 4) is 0 Å². The Hall–Kier alpha value is -1.14. The first kappa shape index (κ1) is 19.9. The Bertz CT molecular complexity index is 452. The van der Waals surface area contributed by atoms with E-state index in [1.54, 1.807) is 0 Å². The van der Waals surface area contributed by atoms with E-state index in [1.807, 2.05) is 37.3 Å². The lowest BCUT2D eigenvalue weighted by Gasteiger charge is -2.20. The number of carbonyl (C=O) groups is 1. The van der Waals surface area contributed by atoms with Crippen LogP contribution in [-0.2, 0) is 14.3 Å². The van der Waals surface area contributed by atoms with Gasteiger partial charge in [-0.25, -0.2) is 0 Å². The number of rotatable bonds is 8. The highest BCUT2D eigenvalue weighted by Crippen LogP contribution is 2.18. The molecule has 3 atom stereocenters. The summed E-state index contributed by atoms with van der Waals surface area (Å²) in [6.07, 6.45) is 1.99. The zero-order chi connectivity index (χ0) is 15.8. The third kappa shape index (κ3) is 6.47. The molecule has 130 valence electrons. The van der Waals surface area contributed by atoms with Crippen molar-refractivity contribution in [3.05, 3.63) is 35.9 Å². The summed E-state index contributed by atoms with van der Waals surface area (Å²) in [6, 6.07) is 9.43. The molecule has 1 aliphatic rings. The normalized spacial score (nSPS) is 19.7. The molecule has 1 saturated heterocycles.